The second kappa shape index (κ2) is 8.33. The lowest BCUT2D eigenvalue weighted by molar-refractivity contribution is -0.131. The summed E-state index contributed by atoms with van der Waals surface area (Å²) < 4.78 is 66.0. The standard InChI is InChI=1S/C25H23F4NO3/c1-13-9-15-21-16(26)5-4-6-19(21)33-24(15)23(30(13)12-25(2,3)29)22-17(27)10-14(11-18(22)28)7-8-20(31)32/h4-8,10-11,13,23H,9,12H2,1-3H3,(H,31,32)/b8-7+. The molecule has 174 valence electrons. The number of rotatable bonds is 5. The van der Waals surface area contributed by atoms with Gasteiger partial charge in [-0.2, -0.15) is 0 Å². The van der Waals surface area contributed by atoms with Gasteiger partial charge in [-0.15, -0.1) is 0 Å². The lowest BCUT2D eigenvalue weighted by Crippen LogP contribution is -2.48. The summed E-state index contributed by atoms with van der Waals surface area (Å²) in [5, 5.41) is 9.04. The predicted molar refractivity (Wildman–Crippen MR) is 116 cm³/mol. The van der Waals surface area contributed by atoms with E-state index >= 15 is 8.78 Å². The van der Waals surface area contributed by atoms with Gasteiger partial charge in [0.25, 0.3) is 0 Å². The van der Waals surface area contributed by atoms with Gasteiger partial charge in [-0.1, -0.05) is 6.07 Å². The summed E-state index contributed by atoms with van der Waals surface area (Å²) in [6.07, 6.45) is 2.17. The molecule has 0 spiro atoms. The number of fused-ring (bicyclic) bond motifs is 3. The summed E-state index contributed by atoms with van der Waals surface area (Å²) >= 11 is 0. The highest BCUT2D eigenvalue weighted by Crippen LogP contribution is 2.45. The Kier molecular flexibility index (Phi) is 5.82. The van der Waals surface area contributed by atoms with Crippen LogP contribution in [0, 0.1) is 17.5 Å². The molecule has 0 bridgehead atoms. The van der Waals surface area contributed by atoms with E-state index in [0.717, 1.165) is 24.3 Å². The third-order valence-corrected chi connectivity index (χ3v) is 5.79. The molecule has 1 aromatic heterocycles. The van der Waals surface area contributed by atoms with Crippen molar-refractivity contribution in [3.63, 3.8) is 0 Å². The summed E-state index contributed by atoms with van der Waals surface area (Å²) in [4.78, 5) is 12.4. The zero-order valence-electron chi connectivity index (χ0n) is 18.3. The Bertz CT molecular complexity index is 1240. The Morgan fingerprint density at radius 2 is 1.88 bits per heavy atom. The van der Waals surface area contributed by atoms with E-state index in [2.05, 4.69) is 0 Å². The van der Waals surface area contributed by atoms with E-state index < -0.39 is 35.1 Å². The van der Waals surface area contributed by atoms with Crippen molar-refractivity contribution < 1.29 is 31.9 Å². The van der Waals surface area contributed by atoms with Crippen molar-refractivity contribution >= 4 is 23.0 Å². The first-order valence-electron chi connectivity index (χ1n) is 10.5. The van der Waals surface area contributed by atoms with Gasteiger partial charge in [0.2, 0.25) is 0 Å². The average molecular weight is 461 g/mol. The van der Waals surface area contributed by atoms with Crippen LogP contribution in [0.25, 0.3) is 17.0 Å². The molecule has 4 nitrogen and oxygen atoms in total. The molecule has 1 aliphatic heterocycles. The van der Waals surface area contributed by atoms with Gasteiger partial charge in [-0.3, -0.25) is 4.90 Å². The van der Waals surface area contributed by atoms with Gasteiger partial charge in [-0.25, -0.2) is 22.4 Å². The Morgan fingerprint density at radius 1 is 1.21 bits per heavy atom. The van der Waals surface area contributed by atoms with Crippen LogP contribution in [0.2, 0.25) is 0 Å². The van der Waals surface area contributed by atoms with Gasteiger partial charge in [0.1, 0.15) is 40.5 Å². The normalized spacial score (nSPS) is 19.4. The smallest absolute Gasteiger partial charge is 0.328 e. The summed E-state index contributed by atoms with van der Waals surface area (Å²) in [6.45, 7) is 4.40. The van der Waals surface area contributed by atoms with Gasteiger partial charge in [-0.05, 0) is 63.1 Å². The molecule has 0 saturated heterocycles. The first kappa shape index (κ1) is 23.0. The number of aliphatic carboxylic acids is 1. The monoisotopic (exact) mass is 461 g/mol. The molecule has 1 N–H and O–H groups in total. The van der Waals surface area contributed by atoms with Crippen LogP contribution in [0.3, 0.4) is 0 Å². The number of hydrogen-bond donors (Lipinski definition) is 1. The zero-order chi connectivity index (χ0) is 24.1. The maximum Gasteiger partial charge on any atom is 0.328 e. The van der Waals surface area contributed by atoms with Crippen molar-refractivity contribution in [3.05, 3.63) is 76.3 Å². The quantitative estimate of drug-likeness (QED) is 0.372. The fourth-order valence-corrected chi connectivity index (χ4v) is 4.53. The molecule has 0 aliphatic carbocycles. The second-order valence-corrected chi connectivity index (χ2v) is 8.97. The third kappa shape index (κ3) is 4.39. The number of halogens is 4. The lowest BCUT2D eigenvalue weighted by atomic mass is 9.87. The van der Waals surface area contributed by atoms with E-state index in [1.807, 2.05) is 0 Å². The number of carbonyl (C=O) groups is 1. The molecular formula is C25H23F4NO3. The van der Waals surface area contributed by atoms with E-state index in [0.29, 0.717) is 12.0 Å². The van der Waals surface area contributed by atoms with E-state index in [4.69, 9.17) is 9.52 Å². The molecule has 1 aliphatic rings. The van der Waals surface area contributed by atoms with Crippen molar-refractivity contribution in [2.75, 3.05) is 6.54 Å². The van der Waals surface area contributed by atoms with Gasteiger partial charge < -0.3 is 9.52 Å². The molecule has 2 unspecified atom stereocenters. The van der Waals surface area contributed by atoms with Crippen LogP contribution >= 0.6 is 0 Å². The molecule has 4 rings (SSSR count). The van der Waals surface area contributed by atoms with Crippen molar-refractivity contribution in [1.82, 2.24) is 4.90 Å². The van der Waals surface area contributed by atoms with Crippen molar-refractivity contribution in [2.24, 2.45) is 0 Å². The molecule has 3 aromatic rings. The molecule has 0 amide bonds. The lowest BCUT2D eigenvalue weighted by Gasteiger charge is -2.42. The van der Waals surface area contributed by atoms with Crippen LogP contribution in [0.4, 0.5) is 17.6 Å². The first-order valence-corrected chi connectivity index (χ1v) is 10.5. The number of nitrogens with zero attached hydrogens (tertiary/aromatic N) is 1. The predicted octanol–water partition coefficient (Wildman–Crippen LogP) is 6.03. The van der Waals surface area contributed by atoms with Crippen LogP contribution in [-0.4, -0.2) is 34.2 Å². The maximum atomic E-state index is 15.3. The summed E-state index contributed by atoms with van der Waals surface area (Å²) in [6, 6.07) is 4.87. The maximum absolute atomic E-state index is 15.3. The van der Waals surface area contributed by atoms with Gasteiger partial charge in [0, 0.05) is 29.8 Å². The molecule has 2 aromatic carbocycles. The van der Waals surface area contributed by atoms with Crippen LogP contribution in [0.15, 0.2) is 40.8 Å². The number of carboxylic acid groups (broad SMARTS) is 1. The Morgan fingerprint density at radius 3 is 2.48 bits per heavy atom. The number of hydrogen-bond acceptors (Lipinski definition) is 3. The molecule has 2 heterocycles. The molecular weight excluding hydrogens is 438 g/mol. The van der Waals surface area contributed by atoms with E-state index in [-0.39, 0.29) is 40.4 Å². The Hall–Kier alpha value is -3.13. The highest BCUT2D eigenvalue weighted by Gasteiger charge is 2.42. The fraction of sp³-hybridized carbons (Fsp3) is 0.320. The largest absolute Gasteiger partial charge is 0.478 e. The molecule has 2 atom stereocenters. The third-order valence-electron chi connectivity index (χ3n) is 5.79. The fourth-order valence-electron chi connectivity index (χ4n) is 4.53. The van der Waals surface area contributed by atoms with Gasteiger partial charge in [0.05, 0.1) is 5.39 Å². The van der Waals surface area contributed by atoms with Crippen molar-refractivity contribution in [2.45, 2.75) is 44.9 Å². The average Bonchev–Trinajstić information content (AvgIpc) is 3.06. The number of furan rings is 1. The summed E-state index contributed by atoms with van der Waals surface area (Å²) in [7, 11) is 0. The zero-order valence-corrected chi connectivity index (χ0v) is 18.3. The summed E-state index contributed by atoms with van der Waals surface area (Å²) in [5.74, 6) is -3.46. The Balaban J connectivity index is 1.94. The number of benzene rings is 2. The molecule has 0 fully saturated rings. The van der Waals surface area contributed by atoms with E-state index in [1.165, 1.54) is 26.0 Å². The minimum Gasteiger partial charge on any atom is -0.478 e. The van der Waals surface area contributed by atoms with Gasteiger partial charge >= 0.3 is 5.97 Å². The highest BCUT2D eigenvalue weighted by molar-refractivity contribution is 5.85. The van der Waals surface area contributed by atoms with Gasteiger partial charge in [0.15, 0.2) is 0 Å². The van der Waals surface area contributed by atoms with E-state index in [1.54, 1.807) is 17.9 Å². The Labute approximate surface area is 188 Å². The highest BCUT2D eigenvalue weighted by atomic mass is 19.1. The minimum atomic E-state index is -1.68. The first-order chi connectivity index (χ1) is 15.5. The molecule has 33 heavy (non-hydrogen) atoms. The second-order valence-electron chi connectivity index (χ2n) is 8.97. The minimum absolute atomic E-state index is 0.0215. The van der Waals surface area contributed by atoms with Crippen molar-refractivity contribution in [3.8, 4) is 0 Å². The van der Waals surface area contributed by atoms with Crippen LogP contribution in [0.1, 0.15) is 49.3 Å². The van der Waals surface area contributed by atoms with Crippen LogP contribution < -0.4 is 0 Å². The van der Waals surface area contributed by atoms with Crippen LogP contribution in [-0.2, 0) is 11.2 Å². The number of alkyl halides is 1. The number of carboxylic acids is 1. The van der Waals surface area contributed by atoms with Crippen molar-refractivity contribution in [1.29, 1.82) is 0 Å². The molecule has 0 radical (unpaired) electrons. The van der Waals surface area contributed by atoms with E-state index in [9.17, 15) is 13.6 Å². The van der Waals surface area contributed by atoms with Crippen LogP contribution in [0.5, 0.6) is 0 Å². The SMILES string of the molecule is CC1Cc2c(oc3cccc(F)c23)C(c2c(F)cc(/C=C/C(=O)O)cc2F)N1CC(C)(C)F. The summed E-state index contributed by atoms with van der Waals surface area (Å²) in [5.41, 5.74) is -1.27. The molecule has 0 saturated carbocycles. The molecule has 8 heteroatoms. The topological polar surface area (TPSA) is 53.7 Å².